The Morgan fingerprint density at radius 1 is 1.19 bits per heavy atom. The molecule has 166 valence electrons. The molecular formula is C24H27N5O2S. The molecule has 3 aromatic rings. The Kier molecular flexibility index (Phi) is 6.23. The van der Waals surface area contributed by atoms with E-state index < -0.39 is 6.04 Å². The summed E-state index contributed by atoms with van der Waals surface area (Å²) in [6.45, 7) is 2.79. The van der Waals surface area contributed by atoms with Crippen molar-refractivity contribution in [2.45, 2.75) is 19.4 Å². The summed E-state index contributed by atoms with van der Waals surface area (Å²) in [4.78, 5) is 41.6. The average molecular weight is 450 g/mol. The Morgan fingerprint density at radius 2 is 1.94 bits per heavy atom. The van der Waals surface area contributed by atoms with Crippen LogP contribution in [0.25, 0.3) is 10.4 Å². The molecule has 4 rings (SSSR count). The molecule has 0 radical (unpaired) electrons. The number of aryl methyl sites for hydroxylation is 1. The largest absolute Gasteiger partial charge is 0.347 e. The van der Waals surface area contributed by atoms with Gasteiger partial charge in [-0.15, -0.1) is 11.3 Å². The molecule has 0 unspecified atom stereocenters. The lowest BCUT2D eigenvalue weighted by Crippen LogP contribution is -2.58. The summed E-state index contributed by atoms with van der Waals surface area (Å²) in [5, 5.41) is 2.06. The van der Waals surface area contributed by atoms with Gasteiger partial charge in [-0.1, -0.05) is 30.3 Å². The average Bonchev–Trinajstić information content (AvgIpc) is 3.32. The van der Waals surface area contributed by atoms with E-state index in [4.69, 9.17) is 0 Å². The first-order valence-corrected chi connectivity index (χ1v) is 11.4. The van der Waals surface area contributed by atoms with Crippen LogP contribution in [0.4, 0.5) is 5.95 Å². The first kappa shape index (κ1) is 22.0. The number of rotatable bonds is 5. The summed E-state index contributed by atoms with van der Waals surface area (Å²) >= 11 is 1.70. The van der Waals surface area contributed by atoms with E-state index in [1.807, 2.05) is 32.3 Å². The van der Waals surface area contributed by atoms with Gasteiger partial charge in [0, 0.05) is 51.7 Å². The second-order valence-corrected chi connectivity index (χ2v) is 9.16. The first-order valence-electron chi connectivity index (χ1n) is 10.5. The van der Waals surface area contributed by atoms with Crippen LogP contribution in [-0.4, -0.2) is 71.9 Å². The molecule has 1 aliphatic rings. The second-order valence-electron chi connectivity index (χ2n) is 8.22. The van der Waals surface area contributed by atoms with E-state index >= 15 is 0 Å². The number of benzene rings is 1. The highest BCUT2D eigenvalue weighted by atomic mass is 32.1. The van der Waals surface area contributed by atoms with Crippen LogP contribution >= 0.6 is 11.3 Å². The van der Waals surface area contributed by atoms with Gasteiger partial charge < -0.3 is 14.7 Å². The predicted molar refractivity (Wildman–Crippen MR) is 127 cm³/mol. The number of piperazine rings is 1. The smallest absolute Gasteiger partial charge is 0.258 e. The number of carbonyl (C=O) groups is 2. The summed E-state index contributed by atoms with van der Waals surface area (Å²) in [5.74, 6) is 0.306. The van der Waals surface area contributed by atoms with Gasteiger partial charge in [-0.2, -0.15) is 0 Å². The van der Waals surface area contributed by atoms with Crippen LogP contribution in [0.5, 0.6) is 0 Å². The van der Waals surface area contributed by atoms with Crippen LogP contribution in [0.3, 0.4) is 0 Å². The van der Waals surface area contributed by atoms with Gasteiger partial charge in [0.05, 0.1) is 11.3 Å². The predicted octanol–water partition coefficient (Wildman–Crippen LogP) is 3.11. The van der Waals surface area contributed by atoms with Crippen molar-refractivity contribution < 1.29 is 9.59 Å². The molecule has 2 amide bonds. The fourth-order valence-corrected chi connectivity index (χ4v) is 4.59. The zero-order chi connectivity index (χ0) is 22.8. The van der Waals surface area contributed by atoms with E-state index in [9.17, 15) is 9.59 Å². The Morgan fingerprint density at radius 3 is 2.56 bits per heavy atom. The highest BCUT2D eigenvalue weighted by Gasteiger charge is 2.37. The standard InChI is InChI=1S/C24H27N5O2S/c1-16-19(15-25-24(26-16)27(2)3)22(30)29-12-11-28(4)23(31)20(29)14-17-7-9-18(10-8-17)21-6-5-13-32-21/h5-10,13,15,20H,11-12,14H2,1-4H3/t20-/m0/s1. The van der Waals surface area contributed by atoms with Crippen molar-refractivity contribution in [1.82, 2.24) is 19.8 Å². The third-order valence-electron chi connectivity index (χ3n) is 5.76. The van der Waals surface area contributed by atoms with Crippen LogP contribution in [-0.2, 0) is 11.2 Å². The van der Waals surface area contributed by atoms with Gasteiger partial charge >= 0.3 is 0 Å². The molecule has 1 atom stereocenters. The molecule has 0 N–H and O–H groups in total. The first-order chi connectivity index (χ1) is 15.3. The Hall–Kier alpha value is -3.26. The fourth-order valence-electron chi connectivity index (χ4n) is 3.86. The number of nitrogens with zero attached hydrogens (tertiary/aromatic N) is 5. The zero-order valence-corrected chi connectivity index (χ0v) is 19.6. The van der Waals surface area contributed by atoms with Crippen LogP contribution in [0.1, 0.15) is 21.6 Å². The molecule has 0 aliphatic carbocycles. The number of likely N-dealkylation sites (N-methyl/N-ethyl adjacent to an activating group) is 1. The normalized spacial score (nSPS) is 16.4. The lowest BCUT2D eigenvalue weighted by Gasteiger charge is -2.39. The Bertz CT molecular complexity index is 1110. The molecule has 32 heavy (non-hydrogen) atoms. The van der Waals surface area contributed by atoms with E-state index in [0.29, 0.717) is 36.7 Å². The minimum absolute atomic E-state index is 0.0459. The second kappa shape index (κ2) is 9.08. The van der Waals surface area contributed by atoms with Crippen LogP contribution in [0.2, 0.25) is 0 Å². The van der Waals surface area contributed by atoms with Gasteiger partial charge in [0.1, 0.15) is 6.04 Å². The molecule has 7 nitrogen and oxygen atoms in total. The van der Waals surface area contributed by atoms with Gasteiger partial charge in [0.2, 0.25) is 11.9 Å². The number of aromatic nitrogens is 2. The number of hydrogen-bond acceptors (Lipinski definition) is 6. The number of thiophene rings is 1. The van der Waals surface area contributed by atoms with E-state index in [2.05, 4.69) is 33.5 Å². The quantitative estimate of drug-likeness (QED) is 0.599. The number of hydrogen-bond donors (Lipinski definition) is 0. The van der Waals surface area contributed by atoms with E-state index in [1.54, 1.807) is 46.2 Å². The Labute approximate surface area is 192 Å². The SMILES string of the molecule is Cc1nc(N(C)C)ncc1C(=O)N1CCN(C)C(=O)[C@@H]1Cc1ccc(-c2cccs2)cc1. The zero-order valence-electron chi connectivity index (χ0n) is 18.8. The molecule has 0 bridgehead atoms. The summed E-state index contributed by atoms with van der Waals surface area (Å²) < 4.78 is 0. The highest BCUT2D eigenvalue weighted by Crippen LogP contribution is 2.26. The van der Waals surface area contributed by atoms with Crippen LogP contribution < -0.4 is 4.90 Å². The van der Waals surface area contributed by atoms with E-state index in [1.165, 1.54) is 4.88 Å². The van der Waals surface area contributed by atoms with Crippen molar-refractivity contribution >= 4 is 29.1 Å². The Balaban J connectivity index is 1.58. The van der Waals surface area contributed by atoms with Crippen molar-refractivity contribution in [2.75, 3.05) is 39.1 Å². The van der Waals surface area contributed by atoms with E-state index in [-0.39, 0.29) is 11.8 Å². The third kappa shape index (κ3) is 4.36. The molecule has 8 heteroatoms. The number of anilines is 1. The van der Waals surface area contributed by atoms with E-state index in [0.717, 1.165) is 11.1 Å². The molecule has 2 aromatic heterocycles. The van der Waals surface area contributed by atoms with Crippen molar-refractivity contribution in [2.24, 2.45) is 0 Å². The molecule has 3 heterocycles. The van der Waals surface area contributed by atoms with Crippen LogP contribution in [0.15, 0.2) is 48.0 Å². The van der Waals surface area contributed by atoms with Gasteiger partial charge in [-0.05, 0) is 29.5 Å². The molecule has 1 fully saturated rings. The monoisotopic (exact) mass is 449 g/mol. The molecule has 1 aromatic carbocycles. The van der Waals surface area contributed by atoms with Crippen molar-refractivity contribution in [3.63, 3.8) is 0 Å². The molecular weight excluding hydrogens is 422 g/mol. The van der Waals surface area contributed by atoms with Crippen molar-refractivity contribution in [3.05, 3.63) is 64.8 Å². The van der Waals surface area contributed by atoms with Gasteiger partial charge in [-0.3, -0.25) is 9.59 Å². The van der Waals surface area contributed by atoms with Gasteiger partial charge in [-0.25, -0.2) is 9.97 Å². The lowest BCUT2D eigenvalue weighted by atomic mass is 9.99. The van der Waals surface area contributed by atoms with Gasteiger partial charge in [0.25, 0.3) is 5.91 Å². The van der Waals surface area contributed by atoms with Crippen molar-refractivity contribution in [1.29, 1.82) is 0 Å². The summed E-state index contributed by atoms with van der Waals surface area (Å²) in [6, 6.07) is 11.8. The minimum Gasteiger partial charge on any atom is -0.347 e. The summed E-state index contributed by atoms with van der Waals surface area (Å²) in [5.41, 5.74) is 3.22. The molecule has 0 spiro atoms. The van der Waals surface area contributed by atoms with Gasteiger partial charge in [0.15, 0.2) is 0 Å². The lowest BCUT2D eigenvalue weighted by molar-refractivity contribution is -0.138. The number of amides is 2. The highest BCUT2D eigenvalue weighted by molar-refractivity contribution is 7.13. The summed E-state index contributed by atoms with van der Waals surface area (Å²) in [6.07, 6.45) is 2.03. The van der Waals surface area contributed by atoms with Crippen LogP contribution in [0, 0.1) is 6.92 Å². The maximum absolute atomic E-state index is 13.4. The minimum atomic E-state index is -0.554. The maximum atomic E-state index is 13.4. The fraction of sp³-hybridized carbons (Fsp3) is 0.333. The van der Waals surface area contributed by atoms with Crippen molar-refractivity contribution in [3.8, 4) is 10.4 Å². The molecule has 1 saturated heterocycles. The maximum Gasteiger partial charge on any atom is 0.258 e. The summed E-state index contributed by atoms with van der Waals surface area (Å²) in [7, 11) is 5.50. The topological polar surface area (TPSA) is 69.6 Å². The molecule has 1 aliphatic heterocycles. The third-order valence-corrected chi connectivity index (χ3v) is 6.68. The number of carbonyl (C=O) groups excluding carboxylic acids is 2. The molecule has 0 saturated carbocycles.